The van der Waals surface area contributed by atoms with Gasteiger partial charge in [0.25, 0.3) is 5.91 Å². The van der Waals surface area contributed by atoms with Crippen LogP contribution in [0.25, 0.3) is 0 Å². The zero-order chi connectivity index (χ0) is 18.4. The number of amides is 1. The second-order valence-electron chi connectivity index (χ2n) is 6.26. The smallest absolute Gasteiger partial charge is 0.261 e. The van der Waals surface area contributed by atoms with Crippen LogP contribution in [-0.2, 0) is 11.3 Å². The van der Waals surface area contributed by atoms with Gasteiger partial charge in [-0.15, -0.1) is 0 Å². The van der Waals surface area contributed by atoms with Gasteiger partial charge in [0, 0.05) is 6.54 Å². The molecule has 0 aromatic heterocycles. The first kappa shape index (κ1) is 18.8. The molecule has 2 aromatic rings. The molecule has 25 heavy (non-hydrogen) atoms. The SMILES string of the molecule is CCOc1ccc(CNC(=O)[C@H](C)Oc2cc(C)cc(C)c2C)cc1. The molecule has 0 aliphatic carbocycles. The molecule has 2 aromatic carbocycles. The van der Waals surface area contributed by atoms with E-state index in [0.717, 1.165) is 33.8 Å². The van der Waals surface area contributed by atoms with Crippen LogP contribution in [0.2, 0.25) is 0 Å². The van der Waals surface area contributed by atoms with E-state index in [-0.39, 0.29) is 5.91 Å². The monoisotopic (exact) mass is 341 g/mol. The fourth-order valence-electron chi connectivity index (χ4n) is 2.57. The molecule has 0 bridgehead atoms. The average Bonchev–Trinajstić information content (AvgIpc) is 2.58. The Labute approximate surface area is 150 Å². The normalized spacial score (nSPS) is 11.7. The molecule has 0 radical (unpaired) electrons. The number of ether oxygens (including phenoxy) is 2. The Morgan fingerprint density at radius 3 is 2.44 bits per heavy atom. The Balaban J connectivity index is 1.92. The Bertz CT molecular complexity index is 723. The first-order valence-electron chi connectivity index (χ1n) is 8.64. The van der Waals surface area contributed by atoms with Crippen molar-refractivity contribution in [1.82, 2.24) is 5.32 Å². The van der Waals surface area contributed by atoms with Crippen molar-refractivity contribution in [3.63, 3.8) is 0 Å². The number of carbonyl (C=O) groups excluding carboxylic acids is 1. The van der Waals surface area contributed by atoms with Gasteiger partial charge in [0.15, 0.2) is 6.10 Å². The van der Waals surface area contributed by atoms with Gasteiger partial charge in [-0.2, -0.15) is 0 Å². The van der Waals surface area contributed by atoms with E-state index in [2.05, 4.69) is 11.4 Å². The fraction of sp³-hybridized carbons (Fsp3) is 0.381. The molecule has 0 heterocycles. The summed E-state index contributed by atoms with van der Waals surface area (Å²) in [5.41, 5.74) is 4.38. The maximum absolute atomic E-state index is 12.3. The molecule has 134 valence electrons. The van der Waals surface area contributed by atoms with E-state index >= 15 is 0 Å². The van der Waals surface area contributed by atoms with Crippen molar-refractivity contribution in [1.29, 1.82) is 0 Å². The minimum atomic E-state index is -0.553. The van der Waals surface area contributed by atoms with Crippen molar-refractivity contribution < 1.29 is 14.3 Å². The van der Waals surface area contributed by atoms with Crippen molar-refractivity contribution in [3.05, 3.63) is 58.7 Å². The lowest BCUT2D eigenvalue weighted by atomic mass is 10.1. The van der Waals surface area contributed by atoms with E-state index < -0.39 is 6.10 Å². The van der Waals surface area contributed by atoms with Crippen LogP contribution in [0.15, 0.2) is 36.4 Å². The second kappa shape index (κ2) is 8.56. The summed E-state index contributed by atoms with van der Waals surface area (Å²) in [6.07, 6.45) is -0.553. The van der Waals surface area contributed by atoms with E-state index in [1.165, 1.54) is 0 Å². The van der Waals surface area contributed by atoms with Crippen molar-refractivity contribution >= 4 is 5.91 Å². The van der Waals surface area contributed by atoms with Crippen molar-refractivity contribution in [2.24, 2.45) is 0 Å². The summed E-state index contributed by atoms with van der Waals surface area (Å²) in [7, 11) is 0. The van der Waals surface area contributed by atoms with Gasteiger partial charge in [-0.1, -0.05) is 18.2 Å². The van der Waals surface area contributed by atoms with Crippen LogP contribution in [0.3, 0.4) is 0 Å². The van der Waals surface area contributed by atoms with Gasteiger partial charge in [0.1, 0.15) is 11.5 Å². The lowest BCUT2D eigenvalue weighted by molar-refractivity contribution is -0.127. The topological polar surface area (TPSA) is 47.6 Å². The van der Waals surface area contributed by atoms with E-state index in [0.29, 0.717) is 13.2 Å². The molecule has 1 atom stereocenters. The Morgan fingerprint density at radius 1 is 1.12 bits per heavy atom. The zero-order valence-corrected chi connectivity index (χ0v) is 15.7. The molecule has 4 nitrogen and oxygen atoms in total. The molecule has 0 aliphatic rings. The fourth-order valence-corrected chi connectivity index (χ4v) is 2.57. The van der Waals surface area contributed by atoms with Crippen molar-refractivity contribution in [3.8, 4) is 11.5 Å². The standard InChI is InChI=1S/C21H27NO3/c1-6-24-19-9-7-18(8-10-19)13-22-21(23)17(5)25-20-12-14(2)11-15(3)16(20)4/h7-12,17H,6,13H2,1-5H3,(H,22,23)/t17-/m0/s1. The maximum Gasteiger partial charge on any atom is 0.261 e. The molecule has 1 amide bonds. The first-order valence-corrected chi connectivity index (χ1v) is 8.64. The Morgan fingerprint density at radius 2 is 1.80 bits per heavy atom. The molecule has 0 saturated carbocycles. The summed E-state index contributed by atoms with van der Waals surface area (Å²) in [4.78, 5) is 12.3. The molecular formula is C21H27NO3. The number of nitrogens with one attached hydrogen (secondary N) is 1. The molecule has 1 N–H and O–H groups in total. The van der Waals surface area contributed by atoms with E-state index in [1.807, 2.05) is 58.0 Å². The van der Waals surface area contributed by atoms with Crippen LogP contribution in [0.4, 0.5) is 0 Å². The third kappa shape index (κ3) is 5.24. The largest absolute Gasteiger partial charge is 0.494 e. The minimum Gasteiger partial charge on any atom is -0.494 e. The number of hydrogen-bond acceptors (Lipinski definition) is 3. The second-order valence-corrected chi connectivity index (χ2v) is 6.26. The van der Waals surface area contributed by atoms with Crippen LogP contribution < -0.4 is 14.8 Å². The number of benzene rings is 2. The zero-order valence-electron chi connectivity index (χ0n) is 15.7. The van der Waals surface area contributed by atoms with E-state index in [4.69, 9.17) is 9.47 Å². The molecule has 0 fully saturated rings. The number of aryl methyl sites for hydroxylation is 2. The van der Waals surface area contributed by atoms with Crippen LogP contribution in [0.5, 0.6) is 11.5 Å². The third-order valence-electron chi connectivity index (χ3n) is 4.14. The Kier molecular flexibility index (Phi) is 6.45. The molecule has 0 unspecified atom stereocenters. The highest BCUT2D eigenvalue weighted by molar-refractivity contribution is 5.80. The van der Waals surface area contributed by atoms with Gasteiger partial charge in [-0.3, -0.25) is 4.79 Å². The number of hydrogen-bond donors (Lipinski definition) is 1. The van der Waals surface area contributed by atoms with Crippen LogP contribution in [0, 0.1) is 20.8 Å². The lowest BCUT2D eigenvalue weighted by Crippen LogP contribution is -2.36. The van der Waals surface area contributed by atoms with Gasteiger partial charge in [0.05, 0.1) is 6.61 Å². The summed E-state index contributed by atoms with van der Waals surface area (Å²) in [6, 6.07) is 11.8. The van der Waals surface area contributed by atoms with Crippen LogP contribution in [0.1, 0.15) is 36.1 Å². The maximum atomic E-state index is 12.3. The molecule has 2 rings (SSSR count). The van der Waals surface area contributed by atoms with Crippen molar-refractivity contribution in [2.75, 3.05) is 6.61 Å². The lowest BCUT2D eigenvalue weighted by Gasteiger charge is -2.18. The first-order chi connectivity index (χ1) is 11.9. The molecule has 0 saturated heterocycles. The molecular weight excluding hydrogens is 314 g/mol. The molecule has 0 aliphatic heterocycles. The predicted octanol–water partition coefficient (Wildman–Crippen LogP) is 4.09. The van der Waals surface area contributed by atoms with Crippen LogP contribution in [-0.4, -0.2) is 18.6 Å². The average molecular weight is 341 g/mol. The van der Waals surface area contributed by atoms with Crippen molar-refractivity contribution in [2.45, 2.75) is 47.3 Å². The highest BCUT2D eigenvalue weighted by Gasteiger charge is 2.16. The van der Waals surface area contributed by atoms with E-state index in [9.17, 15) is 4.79 Å². The van der Waals surface area contributed by atoms with Gasteiger partial charge in [-0.25, -0.2) is 0 Å². The number of carbonyl (C=O) groups is 1. The summed E-state index contributed by atoms with van der Waals surface area (Å²) in [6.45, 7) is 10.9. The van der Waals surface area contributed by atoms with Gasteiger partial charge >= 0.3 is 0 Å². The van der Waals surface area contributed by atoms with Crippen LogP contribution >= 0.6 is 0 Å². The Hall–Kier alpha value is -2.49. The van der Waals surface area contributed by atoms with Gasteiger partial charge in [-0.05, 0) is 75.1 Å². The molecule has 4 heteroatoms. The van der Waals surface area contributed by atoms with E-state index in [1.54, 1.807) is 6.92 Å². The summed E-state index contributed by atoms with van der Waals surface area (Å²) in [5.74, 6) is 1.47. The van der Waals surface area contributed by atoms with Gasteiger partial charge in [0.2, 0.25) is 0 Å². The summed E-state index contributed by atoms with van der Waals surface area (Å²) in [5, 5.41) is 2.91. The number of rotatable bonds is 7. The highest BCUT2D eigenvalue weighted by atomic mass is 16.5. The predicted molar refractivity (Wildman–Crippen MR) is 100 cm³/mol. The third-order valence-corrected chi connectivity index (χ3v) is 4.14. The van der Waals surface area contributed by atoms with Gasteiger partial charge < -0.3 is 14.8 Å². The minimum absolute atomic E-state index is 0.132. The molecule has 0 spiro atoms. The highest BCUT2D eigenvalue weighted by Crippen LogP contribution is 2.24. The summed E-state index contributed by atoms with van der Waals surface area (Å²) < 4.78 is 11.3. The quantitative estimate of drug-likeness (QED) is 0.825. The summed E-state index contributed by atoms with van der Waals surface area (Å²) >= 11 is 0.